The number of aromatic nitrogens is 5. The van der Waals surface area contributed by atoms with Crippen LogP contribution in [0.5, 0.6) is 0 Å². The Bertz CT molecular complexity index is 3480. The molecule has 0 spiro atoms. The molecular formula is C44H38ClF10N9O9S2. The summed E-state index contributed by atoms with van der Waals surface area (Å²) < 4.78 is 198. The lowest BCUT2D eigenvalue weighted by Crippen LogP contribution is -2.46. The van der Waals surface area contributed by atoms with E-state index in [0.717, 1.165) is 42.7 Å². The fourth-order valence-electron chi connectivity index (χ4n) is 8.30. The minimum Gasteiger partial charge on any atom is -0.474 e. The Balaban J connectivity index is 1.45. The zero-order valence-corrected chi connectivity index (χ0v) is 41.3. The first kappa shape index (κ1) is 55.7. The molecule has 0 aliphatic heterocycles. The SMILES string of the molecule is CC(C)(C#Cc1ccc(-c2ccc(Cl)c3c(N(C(=O)NCCNC(=O)C(=O)O)S(C)(=O)=O)nn(CC(F)(F)F)c23)c([C@H](Cc2cc(F)cc(F)c2)NC(=O)Cn2nc(C(F)(F)F)c3c2C(F)(F)[C@@H]2C[C@H]32)n1)S(C)(=O)=O. The molecule has 7 rings (SSSR count). The van der Waals surface area contributed by atoms with Crippen LogP contribution < -0.4 is 20.3 Å². The molecule has 4 amide bonds. The van der Waals surface area contributed by atoms with Crippen LogP contribution in [0.25, 0.3) is 22.0 Å². The lowest BCUT2D eigenvalue weighted by atomic mass is 9.93. The molecule has 2 aliphatic carbocycles. The summed E-state index contributed by atoms with van der Waals surface area (Å²) in [6.07, 6.45) is -10.2. The molecule has 0 radical (unpaired) electrons. The van der Waals surface area contributed by atoms with Gasteiger partial charge < -0.3 is 21.1 Å². The van der Waals surface area contributed by atoms with Crippen molar-refractivity contribution < 1.29 is 85.0 Å². The Labute approximate surface area is 422 Å². The number of hydrogen-bond acceptors (Lipinski definition) is 11. The highest BCUT2D eigenvalue weighted by Gasteiger charge is 2.68. The molecule has 1 fully saturated rings. The first-order valence-corrected chi connectivity index (χ1v) is 25.7. The highest BCUT2D eigenvalue weighted by Crippen LogP contribution is 2.68. The van der Waals surface area contributed by atoms with Gasteiger partial charge in [0.2, 0.25) is 15.9 Å². The van der Waals surface area contributed by atoms with Gasteiger partial charge in [-0.25, -0.2) is 40.2 Å². The Morgan fingerprint density at radius 3 is 2.13 bits per heavy atom. The van der Waals surface area contributed by atoms with Crippen LogP contribution in [0, 0.1) is 29.4 Å². The fourth-order valence-corrected chi connectivity index (χ4v) is 9.58. The summed E-state index contributed by atoms with van der Waals surface area (Å²) in [5.41, 5.74) is -6.29. The summed E-state index contributed by atoms with van der Waals surface area (Å²) in [7, 11) is -8.87. The van der Waals surface area contributed by atoms with E-state index < -0.39 is 179 Å². The van der Waals surface area contributed by atoms with Crippen molar-refractivity contribution in [2.24, 2.45) is 5.92 Å². The van der Waals surface area contributed by atoms with Gasteiger partial charge in [0, 0.05) is 48.0 Å². The van der Waals surface area contributed by atoms with Crippen molar-refractivity contribution in [3.05, 3.63) is 93.0 Å². The Morgan fingerprint density at radius 2 is 1.55 bits per heavy atom. The van der Waals surface area contributed by atoms with Gasteiger partial charge in [0.1, 0.15) is 40.9 Å². The van der Waals surface area contributed by atoms with Crippen molar-refractivity contribution in [1.82, 2.24) is 40.5 Å². The molecular weight excluding hydrogens is 1090 g/mol. The Hall–Kier alpha value is -7.00. The van der Waals surface area contributed by atoms with Gasteiger partial charge in [0.15, 0.2) is 21.3 Å². The number of pyridine rings is 1. The maximum atomic E-state index is 15.6. The molecule has 75 heavy (non-hydrogen) atoms. The number of rotatable bonds is 14. The predicted octanol–water partition coefficient (Wildman–Crippen LogP) is 5.97. The molecule has 2 aliphatic rings. The number of halogens is 11. The number of urea groups is 1. The predicted molar refractivity (Wildman–Crippen MR) is 244 cm³/mol. The van der Waals surface area contributed by atoms with E-state index in [2.05, 4.69) is 37.7 Å². The number of sulfonamides is 1. The molecule has 0 bridgehead atoms. The molecule has 2 aromatic carbocycles. The van der Waals surface area contributed by atoms with Crippen LogP contribution in [-0.4, -0.2) is 107 Å². The van der Waals surface area contributed by atoms with Gasteiger partial charge >= 0.3 is 30.3 Å². The van der Waals surface area contributed by atoms with Crippen LogP contribution in [0.15, 0.2) is 42.5 Å². The molecule has 402 valence electrons. The van der Waals surface area contributed by atoms with E-state index in [-0.39, 0.29) is 36.9 Å². The molecule has 31 heteroatoms. The molecule has 5 aromatic rings. The number of anilines is 1. The number of fused-ring (bicyclic) bond motifs is 4. The summed E-state index contributed by atoms with van der Waals surface area (Å²) in [6, 6.07) is 2.84. The number of benzene rings is 2. The van der Waals surface area contributed by atoms with Crippen molar-refractivity contribution in [2.45, 2.75) is 74.8 Å². The van der Waals surface area contributed by atoms with E-state index in [0.29, 0.717) is 12.3 Å². The highest BCUT2D eigenvalue weighted by atomic mass is 35.5. The van der Waals surface area contributed by atoms with Gasteiger partial charge in [0.25, 0.3) is 5.92 Å². The standard InChI is InChI=1S/C44H38ClF10N9O9S2/c1-41(2,74(3,70)71)10-9-23-5-6-24(25-7-8-28(45)32-34(25)63(19-42(48,49)50)61-37(32)64(75(4,72)73)40(69)57-12-11-56-38(66)39(67)68)33(58-23)29(15-20-13-21(46)16-22(47)14-20)59-30(65)18-62-36-31(35(60-62)44(53,54)55)26-17-27(26)43(36,51)52/h5-8,13-14,16,26-27,29H,11-12,15,17-19H2,1-4H3,(H,56,66)(H,57,69)(H,59,65)(H,67,68)/t26-,27+,29-/m0/s1. The Kier molecular flexibility index (Phi) is 14.6. The second-order valence-electron chi connectivity index (χ2n) is 17.8. The fraction of sp³-hybridized carbons (Fsp3) is 0.386. The zero-order valence-electron chi connectivity index (χ0n) is 38.9. The molecule has 3 aromatic heterocycles. The summed E-state index contributed by atoms with van der Waals surface area (Å²) >= 11 is 6.60. The summed E-state index contributed by atoms with van der Waals surface area (Å²) in [5.74, 6) is -9.78. The Morgan fingerprint density at radius 1 is 0.920 bits per heavy atom. The number of carboxylic acid groups (broad SMARTS) is 1. The largest absolute Gasteiger partial charge is 0.474 e. The molecule has 4 N–H and O–H groups in total. The minimum atomic E-state index is -5.25. The number of sulfone groups is 1. The van der Waals surface area contributed by atoms with Gasteiger partial charge in [-0.3, -0.25) is 19.0 Å². The summed E-state index contributed by atoms with van der Waals surface area (Å²) in [5, 5.41) is 21.1. The lowest BCUT2D eigenvalue weighted by molar-refractivity contribution is -0.150. The topological polar surface area (TPSA) is 245 Å². The number of alkyl halides is 8. The van der Waals surface area contributed by atoms with Gasteiger partial charge in [0.05, 0.1) is 33.9 Å². The number of nitrogens with zero attached hydrogens (tertiary/aromatic N) is 6. The van der Waals surface area contributed by atoms with Crippen LogP contribution in [0.2, 0.25) is 5.02 Å². The molecule has 0 saturated heterocycles. The van der Waals surface area contributed by atoms with Crippen molar-refractivity contribution in [1.29, 1.82) is 0 Å². The maximum absolute atomic E-state index is 15.6. The van der Waals surface area contributed by atoms with Crippen molar-refractivity contribution in [3.8, 4) is 23.0 Å². The average Bonchev–Trinajstić information content (AvgIpc) is 3.78. The number of carbonyl (C=O) groups excluding carboxylic acids is 3. The lowest BCUT2D eigenvalue weighted by Gasteiger charge is -2.23. The van der Waals surface area contributed by atoms with Crippen LogP contribution in [-0.2, 0) is 65.9 Å². The molecule has 3 atom stereocenters. The number of nitrogens with one attached hydrogen (secondary N) is 3. The van der Waals surface area contributed by atoms with E-state index in [9.17, 15) is 71.1 Å². The number of carbonyl (C=O) groups is 4. The second kappa shape index (κ2) is 19.6. The monoisotopic (exact) mass is 1130 g/mol. The van der Waals surface area contributed by atoms with Crippen LogP contribution in [0.1, 0.15) is 66.1 Å². The molecule has 3 heterocycles. The van der Waals surface area contributed by atoms with Crippen molar-refractivity contribution in [3.63, 3.8) is 0 Å². The van der Waals surface area contributed by atoms with Gasteiger partial charge in [-0.15, -0.1) is 0 Å². The minimum absolute atomic E-state index is 0.0942. The molecule has 1 saturated carbocycles. The van der Waals surface area contributed by atoms with Crippen molar-refractivity contribution in [2.75, 3.05) is 29.9 Å². The number of hydrogen-bond donors (Lipinski definition) is 4. The van der Waals surface area contributed by atoms with Gasteiger partial charge in [-0.05, 0) is 74.4 Å². The first-order chi connectivity index (χ1) is 34.5. The first-order valence-electron chi connectivity index (χ1n) is 21.6. The third-order valence-electron chi connectivity index (χ3n) is 11.9. The second-order valence-corrected chi connectivity index (χ2v) is 22.6. The maximum Gasteiger partial charge on any atom is 0.435 e. The third-order valence-corrected chi connectivity index (χ3v) is 15.2. The number of amides is 4. The summed E-state index contributed by atoms with van der Waals surface area (Å²) in [4.78, 5) is 54.7. The zero-order chi connectivity index (χ0) is 55.7. The van der Waals surface area contributed by atoms with Crippen molar-refractivity contribution >= 4 is 72.0 Å². The number of carboxylic acids is 1. The van der Waals surface area contributed by atoms with Gasteiger partial charge in [-0.1, -0.05) is 23.6 Å². The third kappa shape index (κ3) is 11.6. The normalized spacial score (nSPS) is 16.6. The van der Waals surface area contributed by atoms with E-state index in [1.165, 1.54) is 13.8 Å². The van der Waals surface area contributed by atoms with E-state index >= 15 is 8.78 Å². The van der Waals surface area contributed by atoms with E-state index in [1.807, 2.05) is 5.32 Å². The summed E-state index contributed by atoms with van der Waals surface area (Å²) in [6.45, 7) is -2.22. The van der Waals surface area contributed by atoms with Crippen LogP contribution >= 0.6 is 11.6 Å². The molecule has 0 unspecified atom stereocenters. The van der Waals surface area contributed by atoms with Gasteiger partial charge in [-0.2, -0.15) is 49.6 Å². The average molecular weight is 1130 g/mol. The molecule has 18 nitrogen and oxygen atoms in total. The van der Waals surface area contributed by atoms with Crippen LogP contribution in [0.4, 0.5) is 54.5 Å². The van der Waals surface area contributed by atoms with Crippen LogP contribution in [0.3, 0.4) is 0 Å². The van der Waals surface area contributed by atoms with E-state index in [4.69, 9.17) is 16.7 Å². The quantitative estimate of drug-likeness (QED) is 0.0435. The smallest absolute Gasteiger partial charge is 0.435 e. The van der Waals surface area contributed by atoms with E-state index in [1.54, 1.807) is 0 Å². The highest BCUT2D eigenvalue weighted by molar-refractivity contribution is 7.93. The number of aliphatic carboxylic acids is 1.